The molecule has 0 aliphatic rings. The van der Waals surface area contributed by atoms with Crippen LogP contribution in [0.2, 0.25) is 5.02 Å². The van der Waals surface area contributed by atoms with Crippen molar-refractivity contribution in [3.8, 4) is 0 Å². The van der Waals surface area contributed by atoms with Gasteiger partial charge in [-0.3, -0.25) is 10.1 Å². The van der Waals surface area contributed by atoms with Gasteiger partial charge in [0.2, 0.25) is 0 Å². The number of imide groups is 1. The number of halogens is 2. The van der Waals surface area contributed by atoms with Gasteiger partial charge in [0.1, 0.15) is 5.82 Å². The normalized spacial score (nSPS) is 10.2. The Morgan fingerprint density at radius 3 is 2.59 bits per heavy atom. The highest BCUT2D eigenvalue weighted by Gasteiger charge is 2.16. The lowest BCUT2D eigenvalue weighted by atomic mass is 10.2. The number of carbonyl (C=O) groups is 3. The summed E-state index contributed by atoms with van der Waals surface area (Å²) in [7, 11) is 0. The van der Waals surface area contributed by atoms with Gasteiger partial charge in [-0.05, 0) is 24.1 Å². The quantitative estimate of drug-likeness (QED) is 0.810. The summed E-state index contributed by atoms with van der Waals surface area (Å²) in [4.78, 5) is 34.3. The lowest BCUT2D eigenvalue weighted by molar-refractivity contribution is -0.123. The molecule has 0 saturated heterocycles. The molecule has 0 aliphatic carbocycles. The molecular weight excluding hydrogens is 315 g/mol. The SMILES string of the molecule is CC(C)CNC(=O)NC(=O)COC(=O)c1ccc(Cl)cc1F. The number of ether oxygens (including phenoxy) is 1. The minimum absolute atomic E-state index is 0.133. The van der Waals surface area contributed by atoms with Gasteiger partial charge in [-0.25, -0.2) is 14.0 Å². The molecule has 3 amide bonds. The lowest BCUT2D eigenvalue weighted by Crippen LogP contribution is -2.42. The Hall–Kier alpha value is -2.15. The maximum Gasteiger partial charge on any atom is 0.341 e. The topological polar surface area (TPSA) is 84.5 Å². The molecule has 1 aromatic rings. The van der Waals surface area contributed by atoms with E-state index in [4.69, 9.17) is 11.6 Å². The second-order valence-corrected chi connectivity index (χ2v) is 5.29. The van der Waals surface area contributed by atoms with Gasteiger partial charge in [0.15, 0.2) is 6.61 Å². The molecule has 0 aromatic heterocycles. The Labute approximate surface area is 132 Å². The van der Waals surface area contributed by atoms with E-state index in [-0.39, 0.29) is 16.5 Å². The van der Waals surface area contributed by atoms with Crippen molar-refractivity contribution in [1.82, 2.24) is 10.6 Å². The molecule has 22 heavy (non-hydrogen) atoms. The van der Waals surface area contributed by atoms with Crippen molar-refractivity contribution in [2.45, 2.75) is 13.8 Å². The average molecular weight is 331 g/mol. The number of nitrogens with one attached hydrogen (secondary N) is 2. The number of carbonyl (C=O) groups excluding carboxylic acids is 3. The highest BCUT2D eigenvalue weighted by Crippen LogP contribution is 2.15. The van der Waals surface area contributed by atoms with Crippen LogP contribution in [0.15, 0.2) is 18.2 Å². The van der Waals surface area contributed by atoms with E-state index in [0.717, 1.165) is 12.1 Å². The van der Waals surface area contributed by atoms with Crippen LogP contribution >= 0.6 is 11.6 Å². The van der Waals surface area contributed by atoms with Crippen molar-refractivity contribution in [3.63, 3.8) is 0 Å². The molecule has 0 bridgehead atoms. The van der Waals surface area contributed by atoms with Crippen LogP contribution in [0, 0.1) is 11.7 Å². The zero-order chi connectivity index (χ0) is 16.7. The summed E-state index contributed by atoms with van der Waals surface area (Å²) in [6.45, 7) is 3.49. The van der Waals surface area contributed by atoms with Crippen LogP contribution in [0.1, 0.15) is 24.2 Å². The largest absolute Gasteiger partial charge is 0.452 e. The Morgan fingerprint density at radius 2 is 2.00 bits per heavy atom. The number of hydrogen-bond donors (Lipinski definition) is 2. The summed E-state index contributed by atoms with van der Waals surface area (Å²) in [5.74, 6) is -2.46. The van der Waals surface area contributed by atoms with Gasteiger partial charge in [0.05, 0.1) is 5.56 Å². The van der Waals surface area contributed by atoms with E-state index in [9.17, 15) is 18.8 Å². The predicted octanol–water partition coefficient (Wildman–Crippen LogP) is 2.12. The molecule has 1 rings (SSSR count). The highest BCUT2D eigenvalue weighted by molar-refractivity contribution is 6.30. The lowest BCUT2D eigenvalue weighted by Gasteiger charge is -2.09. The van der Waals surface area contributed by atoms with Gasteiger partial charge in [0, 0.05) is 11.6 Å². The molecule has 6 nitrogen and oxygen atoms in total. The standard InChI is InChI=1S/C14H16ClFN2O4/c1-8(2)6-17-14(21)18-12(19)7-22-13(20)10-4-3-9(15)5-11(10)16/h3-5,8H,6-7H2,1-2H3,(H2,17,18,19,21). The van der Waals surface area contributed by atoms with E-state index in [1.54, 1.807) is 0 Å². The van der Waals surface area contributed by atoms with Crippen LogP contribution in [0.3, 0.4) is 0 Å². The molecule has 8 heteroatoms. The summed E-state index contributed by atoms with van der Waals surface area (Å²) in [6, 6.07) is 2.73. The van der Waals surface area contributed by atoms with Gasteiger partial charge in [-0.15, -0.1) is 0 Å². The monoisotopic (exact) mass is 330 g/mol. The van der Waals surface area contributed by atoms with Crippen LogP contribution in [0.25, 0.3) is 0 Å². The first-order chi connectivity index (χ1) is 10.3. The molecule has 0 aliphatic heterocycles. The minimum Gasteiger partial charge on any atom is -0.452 e. The minimum atomic E-state index is -1.02. The fourth-order valence-corrected chi connectivity index (χ4v) is 1.53. The summed E-state index contributed by atoms with van der Waals surface area (Å²) >= 11 is 5.56. The first kappa shape index (κ1) is 17.9. The van der Waals surface area contributed by atoms with Gasteiger partial charge in [-0.2, -0.15) is 0 Å². The summed E-state index contributed by atoms with van der Waals surface area (Å²) in [5, 5.41) is 4.58. The number of rotatable bonds is 5. The molecule has 0 fully saturated rings. The third-order valence-corrected chi connectivity index (χ3v) is 2.64. The Kier molecular flexibility index (Phi) is 6.78. The predicted molar refractivity (Wildman–Crippen MR) is 78.1 cm³/mol. The Bertz CT molecular complexity index is 578. The second-order valence-electron chi connectivity index (χ2n) is 4.85. The van der Waals surface area contributed by atoms with Crippen LogP contribution in [-0.2, 0) is 9.53 Å². The maximum absolute atomic E-state index is 13.5. The van der Waals surface area contributed by atoms with E-state index in [1.807, 2.05) is 19.2 Å². The molecule has 0 heterocycles. The van der Waals surface area contributed by atoms with Crippen molar-refractivity contribution in [2.24, 2.45) is 5.92 Å². The molecule has 0 spiro atoms. The number of esters is 1. The smallest absolute Gasteiger partial charge is 0.341 e. The molecule has 2 N–H and O–H groups in total. The van der Waals surface area contributed by atoms with E-state index >= 15 is 0 Å². The summed E-state index contributed by atoms with van der Waals surface area (Å²) < 4.78 is 18.1. The summed E-state index contributed by atoms with van der Waals surface area (Å²) in [5.41, 5.74) is -0.346. The van der Waals surface area contributed by atoms with Gasteiger partial charge >= 0.3 is 12.0 Å². The molecule has 1 aromatic carbocycles. The molecule has 0 unspecified atom stereocenters. The zero-order valence-corrected chi connectivity index (χ0v) is 12.9. The maximum atomic E-state index is 13.5. The van der Waals surface area contributed by atoms with Gasteiger partial charge < -0.3 is 10.1 Å². The number of urea groups is 1. The van der Waals surface area contributed by atoms with Crippen molar-refractivity contribution in [1.29, 1.82) is 0 Å². The molecule has 0 radical (unpaired) electrons. The number of hydrogen-bond acceptors (Lipinski definition) is 4. The van der Waals surface area contributed by atoms with Crippen LogP contribution in [0.4, 0.5) is 9.18 Å². The fraction of sp³-hybridized carbons (Fsp3) is 0.357. The third-order valence-electron chi connectivity index (χ3n) is 2.41. The van der Waals surface area contributed by atoms with E-state index in [2.05, 4.69) is 10.1 Å². The number of amides is 3. The van der Waals surface area contributed by atoms with Crippen LogP contribution in [-0.4, -0.2) is 31.1 Å². The molecule has 0 atom stereocenters. The number of benzene rings is 1. The van der Waals surface area contributed by atoms with Gasteiger partial charge in [0.25, 0.3) is 5.91 Å². The second kappa shape index (κ2) is 8.33. The molecule has 0 saturated carbocycles. The third kappa shape index (κ3) is 6.09. The molecule has 120 valence electrons. The summed E-state index contributed by atoms with van der Waals surface area (Å²) in [6.07, 6.45) is 0. The molecular formula is C14H16ClFN2O4. The van der Waals surface area contributed by atoms with E-state index in [0.29, 0.717) is 6.54 Å². The van der Waals surface area contributed by atoms with Crippen molar-refractivity contribution in [3.05, 3.63) is 34.6 Å². The highest BCUT2D eigenvalue weighted by atomic mass is 35.5. The van der Waals surface area contributed by atoms with Crippen molar-refractivity contribution < 1.29 is 23.5 Å². The van der Waals surface area contributed by atoms with Gasteiger partial charge in [-0.1, -0.05) is 25.4 Å². The Balaban J connectivity index is 2.43. The van der Waals surface area contributed by atoms with E-state index in [1.165, 1.54) is 6.07 Å². The fourth-order valence-electron chi connectivity index (χ4n) is 1.37. The van der Waals surface area contributed by atoms with Crippen LogP contribution in [0.5, 0.6) is 0 Å². The van der Waals surface area contributed by atoms with Crippen LogP contribution < -0.4 is 10.6 Å². The van der Waals surface area contributed by atoms with Crippen molar-refractivity contribution >= 4 is 29.5 Å². The first-order valence-electron chi connectivity index (χ1n) is 6.49. The average Bonchev–Trinajstić information content (AvgIpc) is 2.42. The van der Waals surface area contributed by atoms with Crippen molar-refractivity contribution in [2.75, 3.05) is 13.2 Å². The zero-order valence-electron chi connectivity index (χ0n) is 12.1. The first-order valence-corrected chi connectivity index (χ1v) is 6.87. The van der Waals surface area contributed by atoms with E-state index < -0.39 is 30.3 Å². The Morgan fingerprint density at radius 1 is 1.32 bits per heavy atom.